The fourth-order valence-corrected chi connectivity index (χ4v) is 4.51. The molecule has 5 aromatic rings. The van der Waals surface area contributed by atoms with Gasteiger partial charge in [0, 0.05) is 35.3 Å². The van der Waals surface area contributed by atoms with Crippen molar-refractivity contribution in [2.75, 3.05) is 26.1 Å². The first-order valence-electron chi connectivity index (χ1n) is 12.8. The molecule has 2 aromatic heterocycles. The summed E-state index contributed by atoms with van der Waals surface area (Å²) in [7, 11) is 2.66. The van der Waals surface area contributed by atoms with Crippen molar-refractivity contribution in [2.45, 2.75) is 6.18 Å². The van der Waals surface area contributed by atoms with E-state index in [2.05, 4.69) is 20.3 Å². The van der Waals surface area contributed by atoms with Gasteiger partial charge in [-0.3, -0.25) is 4.98 Å². The van der Waals surface area contributed by atoms with Crippen molar-refractivity contribution in [3.8, 4) is 45.6 Å². The summed E-state index contributed by atoms with van der Waals surface area (Å²) in [6, 6.07) is 8.04. The molecule has 0 unspecified atom stereocenters. The Balaban J connectivity index is 1.73. The van der Waals surface area contributed by atoms with Gasteiger partial charge in [-0.25, -0.2) is 22.9 Å². The second kappa shape index (κ2) is 12.2. The number of halogens is 6. The molecule has 0 radical (unpaired) electrons. The highest BCUT2D eigenvalue weighted by Gasteiger charge is 2.28. The standard InChI is InChI=1S/C30H20F6N4O5/c1-43-27-21(11-38-29(40-27)44-2)14-6-22(33)26-23(7-14)37-12-24(39-13-30(34,35)36)25(26)15-3-16(28(41)42)5-19(4-15)45-20-9-17(31)8-18(32)10-20/h3-12,39H,13H2,1-2H3,(H,41,42). The SMILES string of the molecule is COc1ncc(-c2cc(F)c3c(-c4cc(Oc5cc(F)cc(F)c5)cc(C(=O)O)c4)c(NCC(F)(F)F)cnc3c2)c(OC)n1. The minimum Gasteiger partial charge on any atom is -0.480 e. The Kier molecular flexibility index (Phi) is 8.35. The molecule has 0 fully saturated rings. The van der Waals surface area contributed by atoms with Gasteiger partial charge in [0.05, 0.1) is 42.7 Å². The van der Waals surface area contributed by atoms with Crippen molar-refractivity contribution in [2.24, 2.45) is 0 Å². The number of carboxylic acids is 1. The molecule has 0 amide bonds. The number of aromatic nitrogens is 3. The average molecular weight is 631 g/mol. The smallest absolute Gasteiger partial charge is 0.405 e. The summed E-state index contributed by atoms with van der Waals surface area (Å²) < 4.78 is 99.1. The minimum atomic E-state index is -4.68. The molecule has 0 saturated carbocycles. The lowest BCUT2D eigenvalue weighted by Crippen LogP contribution is -2.21. The molecule has 2 N–H and O–H groups in total. The fourth-order valence-electron chi connectivity index (χ4n) is 4.51. The maximum atomic E-state index is 16.1. The van der Waals surface area contributed by atoms with Gasteiger partial charge in [-0.05, 0) is 41.5 Å². The number of fused-ring (bicyclic) bond motifs is 1. The normalized spacial score (nSPS) is 11.4. The molecule has 232 valence electrons. The third kappa shape index (κ3) is 6.82. The van der Waals surface area contributed by atoms with Gasteiger partial charge in [0.15, 0.2) is 0 Å². The van der Waals surface area contributed by atoms with Crippen molar-refractivity contribution >= 4 is 22.6 Å². The number of carboxylic acid groups (broad SMARTS) is 1. The number of ether oxygens (including phenoxy) is 3. The van der Waals surface area contributed by atoms with Gasteiger partial charge in [0.2, 0.25) is 5.88 Å². The van der Waals surface area contributed by atoms with Crippen molar-refractivity contribution in [3.05, 3.63) is 83.9 Å². The van der Waals surface area contributed by atoms with Crippen LogP contribution in [-0.2, 0) is 0 Å². The Morgan fingerprint density at radius 1 is 0.867 bits per heavy atom. The highest BCUT2D eigenvalue weighted by Crippen LogP contribution is 2.41. The van der Waals surface area contributed by atoms with E-state index in [0.29, 0.717) is 6.07 Å². The quantitative estimate of drug-likeness (QED) is 0.162. The molecular weight excluding hydrogens is 610 g/mol. The van der Waals surface area contributed by atoms with Crippen molar-refractivity contribution in [1.82, 2.24) is 15.0 Å². The summed E-state index contributed by atoms with van der Waals surface area (Å²) in [5, 5.41) is 11.7. The molecule has 0 saturated heterocycles. The summed E-state index contributed by atoms with van der Waals surface area (Å²) in [6.07, 6.45) is -2.33. The number of hydrogen-bond acceptors (Lipinski definition) is 8. The number of aromatic carboxylic acids is 1. The topological polar surface area (TPSA) is 116 Å². The first kappa shape index (κ1) is 30.8. The van der Waals surface area contributed by atoms with Crippen LogP contribution < -0.4 is 19.5 Å². The maximum absolute atomic E-state index is 16.1. The van der Waals surface area contributed by atoms with Crippen LogP contribution in [0.25, 0.3) is 33.2 Å². The van der Waals surface area contributed by atoms with Crippen LogP contribution in [0.5, 0.6) is 23.4 Å². The summed E-state index contributed by atoms with van der Waals surface area (Å²) in [5.41, 5.74) is -0.588. The number of pyridine rings is 1. The number of carbonyl (C=O) groups is 1. The van der Waals surface area contributed by atoms with Crippen LogP contribution in [0, 0.1) is 17.5 Å². The van der Waals surface area contributed by atoms with Crippen molar-refractivity contribution < 1.29 is 50.5 Å². The monoisotopic (exact) mass is 630 g/mol. The fraction of sp³-hybridized carbons (Fsp3) is 0.133. The van der Waals surface area contributed by atoms with Gasteiger partial charge in [-0.1, -0.05) is 0 Å². The summed E-state index contributed by atoms with van der Waals surface area (Å²) in [4.78, 5) is 24.3. The highest BCUT2D eigenvalue weighted by atomic mass is 19.4. The zero-order valence-electron chi connectivity index (χ0n) is 23.2. The van der Waals surface area contributed by atoms with E-state index in [9.17, 15) is 31.9 Å². The number of benzene rings is 3. The largest absolute Gasteiger partial charge is 0.480 e. The zero-order valence-corrected chi connectivity index (χ0v) is 23.2. The molecule has 0 atom stereocenters. The highest BCUT2D eigenvalue weighted by molar-refractivity contribution is 6.04. The molecule has 0 aliphatic heterocycles. The first-order chi connectivity index (χ1) is 21.3. The van der Waals surface area contributed by atoms with Gasteiger partial charge in [0.1, 0.15) is 35.5 Å². The Bertz CT molecular complexity index is 1920. The molecule has 5 rings (SSSR count). The number of nitrogens with one attached hydrogen (secondary N) is 1. The molecule has 0 aliphatic rings. The molecule has 15 heteroatoms. The number of nitrogens with zero attached hydrogens (tertiary/aromatic N) is 3. The lowest BCUT2D eigenvalue weighted by molar-refractivity contribution is -0.115. The number of rotatable bonds is 9. The summed E-state index contributed by atoms with van der Waals surface area (Å²) >= 11 is 0. The van der Waals surface area contributed by atoms with Crippen molar-refractivity contribution in [3.63, 3.8) is 0 Å². The van der Waals surface area contributed by atoms with E-state index in [1.165, 1.54) is 32.5 Å². The van der Waals surface area contributed by atoms with E-state index in [1.54, 1.807) is 0 Å². The zero-order chi connectivity index (χ0) is 32.5. The Morgan fingerprint density at radius 3 is 2.22 bits per heavy atom. The minimum absolute atomic E-state index is 0.0185. The van der Waals surface area contributed by atoms with Gasteiger partial charge < -0.3 is 24.6 Å². The molecule has 3 aromatic carbocycles. The number of methoxy groups -OCH3 is 2. The van der Waals surface area contributed by atoms with Crippen LogP contribution in [0.2, 0.25) is 0 Å². The second-order valence-electron chi connectivity index (χ2n) is 9.41. The van der Waals surface area contributed by atoms with Crippen LogP contribution in [0.4, 0.5) is 32.0 Å². The summed E-state index contributed by atoms with van der Waals surface area (Å²) in [5.74, 6) is -4.92. The lowest BCUT2D eigenvalue weighted by Gasteiger charge is -2.18. The Hall–Kier alpha value is -5.60. The van der Waals surface area contributed by atoms with E-state index in [4.69, 9.17) is 14.2 Å². The van der Waals surface area contributed by atoms with E-state index >= 15 is 4.39 Å². The van der Waals surface area contributed by atoms with E-state index in [1.807, 2.05) is 0 Å². The predicted molar refractivity (Wildman–Crippen MR) is 149 cm³/mol. The van der Waals surface area contributed by atoms with E-state index in [-0.39, 0.29) is 62.2 Å². The van der Waals surface area contributed by atoms with Gasteiger partial charge >= 0.3 is 18.2 Å². The lowest BCUT2D eigenvalue weighted by atomic mass is 9.95. The third-order valence-corrected chi connectivity index (χ3v) is 6.33. The number of hydrogen-bond donors (Lipinski definition) is 2. The molecule has 0 spiro atoms. The molecule has 0 bridgehead atoms. The number of anilines is 1. The first-order valence-corrected chi connectivity index (χ1v) is 12.8. The molecule has 45 heavy (non-hydrogen) atoms. The van der Waals surface area contributed by atoms with Crippen LogP contribution in [-0.4, -0.2) is 53.0 Å². The van der Waals surface area contributed by atoms with Crippen LogP contribution in [0.1, 0.15) is 10.4 Å². The average Bonchev–Trinajstić information content (AvgIpc) is 2.98. The molecule has 0 aliphatic carbocycles. The van der Waals surface area contributed by atoms with Gasteiger partial charge in [0.25, 0.3) is 0 Å². The van der Waals surface area contributed by atoms with E-state index in [0.717, 1.165) is 36.5 Å². The molecule has 9 nitrogen and oxygen atoms in total. The van der Waals surface area contributed by atoms with Crippen LogP contribution in [0.15, 0.2) is 60.9 Å². The van der Waals surface area contributed by atoms with Gasteiger partial charge in [-0.2, -0.15) is 18.2 Å². The maximum Gasteiger partial charge on any atom is 0.405 e. The van der Waals surface area contributed by atoms with Crippen molar-refractivity contribution in [1.29, 1.82) is 0 Å². The second-order valence-corrected chi connectivity index (χ2v) is 9.41. The van der Waals surface area contributed by atoms with E-state index < -0.39 is 41.7 Å². The predicted octanol–water partition coefficient (Wildman–Crippen LogP) is 7.26. The summed E-state index contributed by atoms with van der Waals surface area (Å²) in [6.45, 7) is -1.53. The Labute approximate surface area is 250 Å². The third-order valence-electron chi connectivity index (χ3n) is 6.33. The van der Waals surface area contributed by atoms with Gasteiger partial charge in [-0.15, -0.1) is 0 Å². The Morgan fingerprint density at radius 2 is 1.58 bits per heavy atom. The molecule has 2 heterocycles. The molecular formula is C30H20F6N4O5. The van der Waals surface area contributed by atoms with Crippen LogP contribution >= 0.6 is 0 Å². The van der Waals surface area contributed by atoms with Crippen LogP contribution in [0.3, 0.4) is 0 Å². The number of alkyl halides is 3.